The van der Waals surface area contributed by atoms with Crippen molar-refractivity contribution in [1.29, 1.82) is 0 Å². The molecular weight excluding hydrogens is 527 g/mol. The van der Waals surface area contributed by atoms with E-state index in [-0.39, 0.29) is 18.1 Å². The Kier molecular flexibility index (Phi) is 8.87. The molecule has 3 aromatic rings. The second-order valence-corrected chi connectivity index (χ2v) is 12.9. The van der Waals surface area contributed by atoms with Gasteiger partial charge in [-0.3, -0.25) is 0 Å². The van der Waals surface area contributed by atoms with Gasteiger partial charge in [0.25, 0.3) is 0 Å². The molecule has 3 aliphatic carbocycles. The van der Waals surface area contributed by atoms with E-state index in [9.17, 15) is 5.11 Å². The van der Waals surface area contributed by atoms with E-state index in [1.165, 1.54) is 0 Å². The van der Waals surface area contributed by atoms with Crippen molar-refractivity contribution in [2.45, 2.75) is 83.3 Å². The molecule has 0 aromatic heterocycles. The summed E-state index contributed by atoms with van der Waals surface area (Å²) in [4.78, 5) is 0. The Balaban J connectivity index is 1.22. The van der Waals surface area contributed by atoms with E-state index in [0.717, 1.165) is 29.5 Å². The van der Waals surface area contributed by atoms with Crippen LogP contribution in [0.3, 0.4) is 0 Å². The van der Waals surface area contributed by atoms with Crippen molar-refractivity contribution in [3.8, 4) is 0 Å². The molecule has 0 spiro atoms. The van der Waals surface area contributed by atoms with Gasteiger partial charge in [0.2, 0.25) is 0 Å². The summed E-state index contributed by atoms with van der Waals surface area (Å²) in [6, 6.07) is 29.0. The molecule has 0 unspecified atom stereocenters. The smallest absolute Gasteiger partial charge is 0.404 e. The van der Waals surface area contributed by atoms with Crippen molar-refractivity contribution in [2.24, 2.45) is 17.3 Å². The van der Waals surface area contributed by atoms with E-state index in [1.807, 2.05) is 91.0 Å². The third kappa shape index (κ3) is 6.09. The summed E-state index contributed by atoms with van der Waals surface area (Å²) in [5, 5.41) is 12.0. The highest BCUT2D eigenvalue weighted by atomic mass is 16.7. The summed E-state index contributed by atoms with van der Waals surface area (Å²) in [6.07, 6.45) is 0.743. The second-order valence-electron chi connectivity index (χ2n) is 12.9. The minimum atomic E-state index is -1.07. The number of aliphatic hydroxyl groups is 1. The fourth-order valence-electron chi connectivity index (χ4n) is 7.27. The number of benzene rings is 3. The minimum Gasteiger partial charge on any atom is -0.404 e. The van der Waals surface area contributed by atoms with Crippen molar-refractivity contribution in [3.63, 3.8) is 0 Å². The minimum absolute atomic E-state index is 0.0401. The molecule has 1 heterocycles. The molecule has 7 atom stereocenters. The van der Waals surface area contributed by atoms with Crippen LogP contribution in [0.15, 0.2) is 91.0 Å². The van der Waals surface area contributed by atoms with Crippen molar-refractivity contribution in [3.05, 3.63) is 108 Å². The second kappa shape index (κ2) is 12.6. The van der Waals surface area contributed by atoms with Crippen molar-refractivity contribution >= 4 is 7.12 Å². The summed E-state index contributed by atoms with van der Waals surface area (Å²) in [5.41, 5.74) is 2.90. The SMILES string of the molecule is CC1(C)[C@@H]2C[C@H]3OB([C@@H](O)[C@@H](OCc4ccccc4)[C@H](COCc4ccccc4)OCc4ccccc4)O[C@@]3(C)[C@H]1C2. The van der Waals surface area contributed by atoms with Crippen molar-refractivity contribution in [1.82, 2.24) is 0 Å². The third-order valence-electron chi connectivity index (χ3n) is 9.94. The molecule has 3 saturated carbocycles. The van der Waals surface area contributed by atoms with Crippen LogP contribution in [0.4, 0.5) is 0 Å². The maximum atomic E-state index is 12.0. The average Bonchev–Trinajstić information content (AvgIpc) is 3.38. The quantitative estimate of drug-likeness (QED) is 0.254. The van der Waals surface area contributed by atoms with E-state index >= 15 is 0 Å². The molecule has 7 heteroatoms. The van der Waals surface area contributed by atoms with Crippen LogP contribution in [-0.2, 0) is 43.3 Å². The van der Waals surface area contributed by atoms with Gasteiger partial charge in [-0.05, 0) is 53.7 Å². The number of hydrogen-bond donors (Lipinski definition) is 1. The first-order valence-electron chi connectivity index (χ1n) is 15.3. The van der Waals surface area contributed by atoms with E-state index in [4.69, 9.17) is 23.5 Å². The average molecular weight is 571 g/mol. The Labute approximate surface area is 250 Å². The first-order chi connectivity index (χ1) is 20.3. The Morgan fingerprint density at radius 1 is 0.786 bits per heavy atom. The zero-order valence-electron chi connectivity index (χ0n) is 24.9. The highest BCUT2D eigenvalue weighted by Crippen LogP contribution is 2.65. The number of ether oxygens (including phenoxy) is 3. The van der Waals surface area contributed by atoms with Crippen molar-refractivity contribution < 1.29 is 28.6 Å². The van der Waals surface area contributed by atoms with Gasteiger partial charge in [-0.15, -0.1) is 0 Å². The molecule has 0 radical (unpaired) electrons. The first kappa shape index (κ1) is 29.6. The number of hydrogen-bond acceptors (Lipinski definition) is 6. The van der Waals surface area contributed by atoms with Gasteiger partial charge < -0.3 is 28.6 Å². The van der Waals surface area contributed by atoms with Gasteiger partial charge in [0.15, 0.2) is 0 Å². The highest BCUT2D eigenvalue weighted by molar-refractivity contribution is 6.47. The topological polar surface area (TPSA) is 66.4 Å². The normalized spacial score (nSPS) is 28.0. The predicted molar refractivity (Wildman–Crippen MR) is 162 cm³/mol. The Bertz CT molecular complexity index is 1270. The lowest BCUT2D eigenvalue weighted by Gasteiger charge is -2.64. The van der Waals surface area contributed by atoms with Gasteiger partial charge in [0, 0.05) is 0 Å². The lowest BCUT2D eigenvalue weighted by Crippen LogP contribution is -2.65. The lowest BCUT2D eigenvalue weighted by molar-refractivity contribution is -0.200. The van der Waals surface area contributed by atoms with E-state index in [0.29, 0.717) is 31.7 Å². The zero-order valence-corrected chi connectivity index (χ0v) is 24.9. The van der Waals surface area contributed by atoms with Crippen LogP contribution in [-0.4, -0.2) is 48.7 Å². The van der Waals surface area contributed by atoms with Crippen LogP contribution in [0.5, 0.6) is 0 Å². The molecule has 7 rings (SSSR count). The van der Waals surface area contributed by atoms with Gasteiger partial charge >= 0.3 is 7.12 Å². The van der Waals surface area contributed by atoms with Gasteiger partial charge in [-0.2, -0.15) is 0 Å². The van der Waals surface area contributed by atoms with Gasteiger partial charge in [0.1, 0.15) is 18.2 Å². The largest absolute Gasteiger partial charge is 0.491 e. The predicted octanol–water partition coefficient (Wildman–Crippen LogP) is 6.00. The summed E-state index contributed by atoms with van der Waals surface area (Å²) in [5.74, 6) is 1.02. The highest BCUT2D eigenvalue weighted by Gasteiger charge is 2.69. The standard InChI is InChI=1S/C35H43BO6/c1-34(2)28-19-30(34)35(3)31(20-28)41-36(42-35)33(37)32(40-23-27-17-11-6-12-18-27)29(39-22-26-15-9-5-10-16-26)24-38-21-25-13-7-4-8-14-25/h4-18,28-33,37H,19-24H2,1-3H3/t28-,29-,30-,31+,32-,33-,35-/m0/s1. The molecule has 4 fully saturated rings. The number of aliphatic hydroxyl groups excluding tert-OH is 1. The molecule has 1 N–H and O–H groups in total. The fourth-order valence-corrected chi connectivity index (χ4v) is 7.27. The maximum Gasteiger partial charge on any atom is 0.491 e. The molecule has 2 bridgehead atoms. The maximum absolute atomic E-state index is 12.0. The molecule has 1 aliphatic heterocycles. The van der Waals surface area contributed by atoms with Crippen LogP contribution in [0, 0.1) is 17.3 Å². The van der Waals surface area contributed by atoms with Crippen LogP contribution in [0.2, 0.25) is 0 Å². The zero-order chi connectivity index (χ0) is 29.2. The molecular formula is C35H43BO6. The van der Waals surface area contributed by atoms with Gasteiger partial charge in [0.05, 0.1) is 38.1 Å². The lowest BCUT2D eigenvalue weighted by atomic mass is 9.43. The Morgan fingerprint density at radius 3 is 1.90 bits per heavy atom. The molecule has 222 valence electrons. The summed E-state index contributed by atoms with van der Waals surface area (Å²) >= 11 is 0. The monoisotopic (exact) mass is 570 g/mol. The summed E-state index contributed by atoms with van der Waals surface area (Å²) < 4.78 is 32.3. The molecule has 3 aromatic carbocycles. The van der Waals surface area contributed by atoms with E-state index in [2.05, 4.69) is 20.8 Å². The van der Waals surface area contributed by atoms with Crippen LogP contribution >= 0.6 is 0 Å². The Morgan fingerprint density at radius 2 is 1.33 bits per heavy atom. The van der Waals surface area contributed by atoms with Crippen LogP contribution in [0.25, 0.3) is 0 Å². The van der Waals surface area contributed by atoms with Gasteiger partial charge in [-0.25, -0.2) is 0 Å². The van der Waals surface area contributed by atoms with Crippen LogP contribution < -0.4 is 0 Å². The summed E-state index contributed by atoms with van der Waals surface area (Å²) in [6.45, 7) is 8.19. The molecule has 42 heavy (non-hydrogen) atoms. The van der Waals surface area contributed by atoms with Crippen LogP contribution in [0.1, 0.15) is 50.3 Å². The number of rotatable bonds is 13. The molecule has 6 nitrogen and oxygen atoms in total. The van der Waals surface area contributed by atoms with Crippen molar-refractivity contribution in [2.75, 3.05) is 6.61 Å². The third-order valence-corrected chi connectivity index (χ3v) is 9.94. The first-order valence-corrected chi connectivity index (χ1v) is 15.3. The summed E-state index contributed by atoms with van der Waals surface area (Å²) in [7, 11) is -0.812. The van der Waals surface area contributed by atoms with Gasteiger partial charge in [-0.1, -0.05) is 105 Å². The van der Waals surface area contributed by atoms with E-state index < -0.39 is 30.9 Å². The fraction of sp³-hybridized carbons (Fsp3) is 0.486. The Hall–Kier alpha value is -2.52. The molecule has 1 saturated heterocycles. The molecule has 4 aliphatic rings. The molecule has 0 amide bonds. The van der Waals surface area contributed by atoms with E-state index in [1.54, 1.807) is 0 Å².